The Hall–Kier alpha value is -1.85. The summed E-state index contributed by atoms with van der Waals surface area (Å²) in [5, 5.41) is 3.38. The van der Waals surface area contributed by atoms with Gasteiger partial charge in [0.15, 0.2) is 0 Å². The first-order chi connectivity index (χ1) is 11.7. The van der Waals surface area contributed by atoms with Crippen molar-refractivity contribution in [2.75, 3.05) is 26.2 Å². The van der Waals surface area contributed by atoms with E-state index in [9.17, 15) is 9.18 Å². The lowest BCUT2D eigenvalue weighted by atomic mass is 10.0. The van der Waals surface area contributed by atoms with Crippen LogP contribution >= 0.6 is 12.4 Å². The topological polar surface area (TPSA) is 45.5 Å². The van der Waals surface area contributed by atoms with Crippen molar-refractivity contribution < 1.29 is 13.6 Å². The summed E-state index contributed by atoms with van der Waals surface area (Å²) in [6.07, 6.45) is 0.995. The number of halogens is 2. The van der Waals surface area contributed by atoms with E-state index in [2.05, 4.69) is 5.32 Å². The molecule has 1 aromatic heterocycles. The Balaban J connectivity index is 0.00000182. The molecule has 0 radical (unpaired) electrons. The fraction of sp³-hybridized carbons (Fsp3) is 0.421. The zero-order valence-corrected chi connectivity index (χ0v) is 14.7. The van der Waals surface area contributed by atoms with Crippen LogP contribution in [0.25, 0.3) is 11.3 Å². The van der Waals surface area contributed by atoms with Gasteiger partial charge in [0.05, 0.1) is 5.56 Å². The predicted molar refractivity (Wildman–Crippen MR) is 96.1 cm³/mol. The first-order valence-corrected chi connectivity index (χ1v) is 8.53. The maximum Gasteiger partial charge on any atom is 0.223 e. The molecule has 134 valence electrons. The number of carbonyl (C=O) groups excluding carboxylic acids is 1. The molecule has 25 heavy (non-hydrogen) atoms. The lowest BCUT2D eigenvalue weighted by Gasteiger charge is -2.17. The smallest absolute Gasteiger partial charge is 0.223 e. The number of hydrogen-bond acceptors (Lipinski definition) is 3. The Morgan fingerprint density at radius 3 is 2.60 bits per heavy atom. The molecular formula is C19H22ClFN2O2. The molecule has 2 aromatic rings. The molecule has 4 nitrogen and oxygen atoms in total. The molecule has 6 heteroatoms. The number of hydrogen-bond donors (Lipinski definition) is 1. The van der Waals surface area contributed by atoms with Gasteiger partial charge in [-0.3, -0.25) is 4.79 Å². The van der Waals surface area contributed by atoms with Gasteiger partial charge in [0.1, 0.15) is 17.3 Å². The highest BCUT2D eigenvalue weighted by atomic mass is 35.5. The predicted octanol–water partition coefficient (Wildman–Crippen LogP) is 3.12. The van der Waals surface area contributed by atoms with E-state index in [0.29, 0.717) is 36.0 Å². The van der Waals surface area contributed by atoms with Crippen molar-refractivity contribution in [2.24, 2.45) is 11.8 Å². The van der Waals surface area contributed by atoms with Crippen molar-refractivity contribution in [3.63, 3.8) is 0 Å². The number of fused-ring (bicyclic) bond motifs is 1. The van der Waals surface area contributed by atoms with Crippen molar-refractivity contribution in [1.82, 2.24) is 10.2 Å². The summed E-state index contributed by atoms with van der Waals surface area (Å²) in [6.45, 7) is 3.79. The second-order valence-corrected chi connectivity index (χ2v) is 6.72. The molecule has 2 fully saturated rings. The highest BCUT2D eigenvalue weighted by Crippen LogP contribution is 2.28. The van der Waals surface area contributed by atoms with E-state index in [-0.39, 0.29) is 24.1 Å². The first-order valence-electron chi connectivity index (χ1n) is 8.53. The molecule has 0 bridgehead atoms. The van der Waals surface area contributed by atoms with Gasteiger partial charge in [0.2, 0.25) is 5.91 Å². The second-order valence-electron chi connectivity index (χ2n) is 6.72. The highest BCUT2D eigenvalue weighted by molar-refractivity contribution is 5.85. The van der Waals surface area contributed by atoms with E-state index in [1.165, 1.54) is 6.07 Å². The number of rotatable bonds is 4. The van der Waals surface area contributed by atoms with Crippen molar-refractivity contribution in [3.8, 4) is 11.3 Å². The minimum absolute atomic E-state index is 0. The van der Waals surface area contributed by atoms with Gasteiger partial charge in [0.25, 0.3) is 0 Å². The number of nitrogens with zero attached hydrogens (tertiary/aromatic N) is 1. The van der Waals surface area contributed by atoms with Gasteiger partial charge in [-0.1, -0.05) is 12.1 Å². The number of furan rings is 1. The van der Waals surface area contributed by atoms with Crippen LogP contribution < -0.4 is 5.32 Å². The molecule has 2 saturated heterocycles. The summed E-state index contributed by atoms with van der Waals surface area (Å²) in [6, 6.07) is 10.1. The Morgan fingerprint density at radius 1 is 1.16 bits per heavy atom. The molecule has 1 N–H and O–H groups in total. The minimum Gasteiger partial charge on any atom is -0.461 e. The van der Waals surface area contributed by atoms with E-state index in [0.717, 1.165) is 31.9 Å². The van der Waals surface area contributed by atoms with Crippen molar-refractivity contribution in [2.45, 2.75) is 12.8 Å². The SMILES string of the molecule is Cl.O=C(CCc1ccc(-c2ccccc2F)o1)N1C[C@H]2CNC[C@H]2C1. The van der Waals surface area contributed by atoms with Crippen LogP contribution in [0.3, 0.4) is 0 Å². The summed E-state index contributed by atoms with van der Waals surface area (Å²) < 4.78 is 19.5. The normalized spacial score (nSPS) is 21.9. The quantitative estimate of drug-likeness (QED) is 0.906. The van der Waals surface area contributed by atoms with Crippen LogP contribution in [0.15, 0.2) is 40.8 Å². The van der Waals surface area contributed by atoms with Crippen LogP contribution in [0.1, 0.15) is 12.2 Å². The molecule has 0 spiro atoms. The minimum atomic E-state index is -0.299. The Morgan fingerprint density at radius 2 is 1.88 bits per heavy atom. The van der Waals surface area contributed by atoms with E-state index >= 15 is 0 Å². The molecule has 0 unspecified atom stereocenters. The number of benzene rings is 1. The molecule has 2 aliphatic rings. The van der Waals surface area contributed by atoms with Crippen LogP contribution in [0, 0.1) is 17.7 Å². The number of amides is 1. The summed E-state index contributed by atoms with van der Waals surface area (Å²) in [4.78, 5) is 14.4. The third-order valence-electron chi connectivity index (χ3n) is 5.13. The second kappa shape index (κ2) is 7.58. The van der Waals surface area contributed by atoms with E-state index < -0.39 is 0 Å². The van der Waals surface area contributed by atoms with Gasteiger partial charge >= 0.3 is 0 Å². The number of likely N-dealkylation sites (tertiary alicyclic amines) is 1. The molecule has 0 aliphatic carbocycles. The first kappa shape index (κ1) is 18.0. The standard InChI is InChI=1S/C19H21FN2O2.ClH/c20-17-4-2-1-3-16(17)18-7-5-15(24-18)6-8-19(23)22-11-13-9-21-10-14(13)12-22;/h1-5,7,13-14,21H,6,8-12H2;1H/t13-,14+;. The third-order valence-corrected chi connectivity index (χ3v) is 5.13. The average molecular weight is 365 g/mol. The number of aryl methyl sites for hydroxylation is 1. The van der Waals surface area contributed by atoms with Gasteiger partial charge in [0, 0.05) is 39.0 Å². The molecule has 1 amide bonds. The lowest BCUT2D eigenvalue weighted by molar-refractivity contribution is -0.130. The van der Waals surface area contributed by atoms with Gasteiger partial charge in [-0.2, -0.15) is 0 Å². The number of nitrogens with one attached hydrogen (secondary N) is 1. The number of carbonyl (C=O) groups is 1. The average Bonchev–Trinajstić information content (AvgIpc) is 3.28. The highest BCUT2D eigenvalue weighted by Gasteiger charge is 2.37. The van der Waals surface area contributed by atoms with Gasteiger partial charge in [-0.25, -0.2) is 4.39 Å². The maximum atomic E-state index is 13.8. The van der Waals surface area contributed by atoms with E-state index in [4.69, 9.17) is 4.42 Å². The van der Waals surface area contributed by atoms with Gasteiger partial charge in [-0.15, -0.1) is 12.4 Å². The van der Waals surface area contributed by atoms with Crippen molar-refractivity contribution in [1.29, 1.82) is 0 Å². The monoisotopic (exact) mass is 364 g/mol. The van der Waals surface area contributed by atoms with E-state index in [1.807, 2.05) is 11.0 Å². The molecular weight excluding hydrogens is 343 g/mol. The summed E-state index contributed by atoms with van der Waals surface area (Å²) in [7, 11) is 0. The van der Waals surface area contributed by atoms with Crippen LogP contribution in [0.5, 0.6) is 0 Å². The largest absolute Gasteiger partial charge is 0.461 e. The fourth-order valence-corrected chi connectivity index (χ4v) is 3.77. The summed E-state index contributed by atoms with van der Waals surface area (Å²) in [5.74, 6) is 2.36. The van der Waals surface area contributed by atoms with Gasteiger partial charge < -0.3 is 14.6 Å². The zero-order chi connectivity index (χ0) is 16.5. The third kappa shape index (κ3) is 3.72. The fourth-order valence-electron chi connectivity index (χ4n) is 3.77. The van der Waals surface area contributed by atoms with Crippen LogP contribution in [-0.4, -0.2) is 37.0 Å². The molecule has 1 aromatic carbocycles. The van der Waals surface area contributed by atoms with Crippen molar-refractivity contribution in [3.05, 3.63) is 48.0 Å². The lowest BCUT2D eigenvalue weighted by Crippen LogP contribution is -2.31. The molecule has 3 heterocycles. The van der Waals surface area contributed by atoms with Crippen LogP contribution in [-0.2, 0) is 11.2 Å². The Kier molecular flexibility index (Phi) is 5.45. The van der Waals surface area contributed by atoms with Gasteiger partial charge in [-0.05, 0) is 36.1 Å². The van der Waals surface area contributed by atoms with Crippen LogP contribution in [0.2, 0.25) is 0 Å². The zero-order valence-electron chi connectivity index (χ0n) is 13.9. The summed E-state index contributed by atoms with van der Waals surface area (Å²) in [5.41, 5.74) is 0.454. The van der Waals surface area contributed by atoms with Crippen molar-refractivity contribution >= 4 is 18.3 Å². The maximum absolute atomic E-state index is 13.8. The molecule has 0 saturated carbocycles. The van der Waals surface area contributed by atoms with E-state index in [1.54, 1.807) is 24.3 Å². The molecule has 4 rings (SSSR count). The summed E-state index contributed by atoms with van der Waals surface area (Å²) >= 11 is 0. The van der Waals surface area contributed by atoms with Crippen LogP contribution in [0.4, 0.5) is 4.39 Å². The molecule has 2 aliphatic heterocycles. The Labute approximate surface area is 152 Å². The molecule has 2 atom stereocenters. The Bertz CT molecular complexity index is 737.